The van der Waals surface area contributed by atoms with Crippen LogP contribution in [-0.4, -0.2) is 74.6 Å². The molecule has 0 unspecified atom stereocenters. The normalized spacial score (nSPS) is 16.7. The number of carbonyl (C=O) groups excluding carboxylic acids is 2. The van der Waals surface area contributed by atoms with Crippen molar-refractivity contribution in [1.29, 1.82) is 0 Å². The highest BCUT2D eigenvalue weighted by atomic mass is 35.5. The zero-order valence-electron chi connectivity index (χ0n) is 25.6. The molecule has 238 valence electrons. The molecule has 1 fully saturated rings. The van der Waals surface area contributed by atoms with E-state index in [9.17, 15) is 14.4 Å². The SMILES string of the molecule is COc1cc(/C=c2\sc3n(c2=O)[C@H](c2cc(Cl)ccc2OC)C(C(=O)OC(C)C)=C(C)N=3)ccc1OCC(=O)N1CCOCC1. The second-order valence-electron chi connectivity index (χ2n) is 10.6. The average molecular weight is 656 g/mol. The van der Waals surface area contributed by atoms with E-state index in [1.54, 1.807) is 68.1 Å². The first-order valence-corrected chi connectivity index (χ1v) is 15.5. The van der Waals surface area contributed by atoms with Gasteiger partial charge in [-0.15, -0.1) is 0 Å². The molecule has 13 heteroatoms. The molecule has 2 aromatic carbocycles. The number of esters is 1. The summed E-state index contributed by atoms with van der Waals surface area (Å²) in [5.74, 6) is 0.538. The molecule has 1 amide bonds. The Kier molecular flexibility index (Phi) is 9.96. The summed E-state index contributed by atoms with van der Waals surface area (Å²) in [5, 5.41) is 0.417. The van der Waals surface area contributed by atoms with E-state index in [1.165, 1.54) is 30.1 Å². The van der Waals surface area contributed by atoms with E-state index in [2.05, 4.69) is 4.99 Å². The Morgan fingerprint density at radius 1 is 1.09 bits per heavy atom. The van der Waals surface area contributed by atoms with Gasteiger partial charge in [-0.3, -0.25) is 14.2 Å². The van der Waals surface area contributed by atoms with Crippen LogP contribution in [0.2, 0.25) is 5.02 Å². The number of benzene rings is 2. The number of halogens is 1. The van der Waals surface area contributed by atoms with E-state index in [-0.39, 0.29) is 29.8 Å². The van der Waals surface area contributed by atoms with Crippen molar-refractivity contribution in [2.24, 2.45) is 4.99 Å². The summed E-state index contributed by atoms with van der Waals surface area (Å²) < 4.78 is 29.7. The minimum absolute atomic E-state index is 0.136. The monoisotopic (exact) mass is 655 g/mol. The van der Waals surface area contributed by atoms with Gasteiger partial charge in [-0.05, 0) is 62.7 Å². The summed E-state index contributed by atoms with van der Waals surface area (Å²) in [6.07, 6.45) is 1.33. The number of morpholine rings is 1. The number of allylic oxidation sites excluding steroid dienone is 1. The summed E-state index contributed by atoms with van der Waals surface area (Å²) in [5.41, 5.74) is 1.48. The molecule has 3 aromatic rings. The van der Waals surface area contributed by atoms with Crippen LogP contribution in [0.1, 0.15) is 37.9 Å². The lowest BCUT2D eigenvalue weighted by Crippen LogP contribution is -2.43. The lowest BCUT2D eigenvalue weighted by molar-refractivity contribution is -0.143. The van der Waals surface area contributed by atoms with Crippen LogP contribution < -0.4 is 29.1 Å². The smallest absolute Gasteiger partial charge is 0.338 e. The Morgan fingerprint density at radius 3 is 2.49 bits per heavy atom. The predicted molar refractivity (Wildman–Crippen MR) is 169 cm³/mol. The van der Waals surface area contributed by atoms with Gasteiger partial charge in [0, 0.05) is 23.7 Å². The van der Waals surface area contributed by atoms with Crippen LogP contribution in [0.3, 0.4) is 0 Å². The van der Waals surface area contributed by atoms with Gasteiger partial charge in [-0.25, -0.2) is 9.79 Å². The molecule has 2 aliphatic rings. The zero-order chi connectivity index (χ0) is 32.2. The minimum atomic E-state index is -0.891. The van der Waals surface area contributed by atoms with E-state index in [0.29, 0.717) is 74.7 Å². The second-order valence-corrected chi connectivity index (χ2v) is 12.1. The number of aromatic nitrogens is 1. The molecule has 45 heavy (non-hydrogen) atoms. The first kappa shape index (κ1) is 32.3. The van der Waals surface area contributed by atoms with Crippen molar-refractivity contribution >= 4 is 40.9 Å². The summed E-state index contributed by atoms with van der Waals surface area (Å²) in [6.45, 7) is 7.15. The van der Waals surface area contributed by atoms with E-state index in [0.717, 1.165) is 0 Å². The number of nitrogens with zero attached hydrogens (tertiary/aromatic N) is 3. The number of fused-ring (bicyclic) bond motifs is 1. The van der Waals surface area contributed by atoms with Crippen molar-refractivity contribution in [3.63, 3.8) is 0 Å². The van der Waals surface area contributed by atoms with Crippen molar-refractivity contribution in [2.45, 2.75) is 32.9 Å². The van der Waals surface area contributed by atoms with Gasteiger partial charge < -0.3 is 28.6 Å². The third-order valence-corrected chi connectivity index (χ3v) is 8.49. The third kappa shape index (κ3) is 6.92. The quantitative estimate of drug-likeness (QED) is 0.323. The fourth-order valence-electron chi connectivity index (χ4n) is 5.16. The van der Waals surface area contributed by atoms with Crippen molar-refractivity contribution < 1.29 is 33.3 Å². The maximum absolute atomic E-state index is 14.1. The Morgan fingerprint density at radius 2 is 1.80 bits per heavy atom. The van der Waals surface area contributed by atoms with Crippen LogP contribution >= 0.6 is 22.9 Å². The van der Waals surface area contributed by atoms with Gasteiger partial charge in [-0.2, -0.15) is 0 Å². The molecule has 3 heterocycles. The number of amides is 1. The standard InChI is InChI=1S/C32H34ClN3O8S/c1-18(2)44-31(39)28-19(3)34-32-36(29(28)22-16-21(33)7-9-23(22)40-4)30(38)26(45-32)15-20-6-8-24(25(14-20)41-5)43-17-27(37)35-10-12-42-13-11-35/h6-9,14-16,18,29H,10-13,17H2,1-5H3/b26-15-/t29-/m1/s1. The van der Waals surface area contributed by atoms with Crippen LogP contribution in [-0.2, 0) is 19.1 Å². The van der Waals surface area contributed by atoms with Gasteiger partial charge >= 0.3 is 5.97 Å². The minimum Gasteiger partial charge on any atom is -0.496 e. The molecule has 0 radical (unpaired) electrons. The van der Waals surface area contributed by atoms with E-state index < -0.39 is 12.0 Å². The summed E-state index contributed by atoms with van der Waals surface area (Å²) in [6, 6.07) is 9.34. The van der Waals surface area contributed by atoms with Gasteiger partial charge in [0.15, 0.2) is 22.9 Å². The molecule has 0 N–H and O–H groups in total. The maximum atomic E-state index is 14.1. The highest BCUT2D eigenvalue weighted by Crippen LogP contribution is 2.37. The van der Waals surface area contributed by atoms with E-state index in [4.69, 9.17) is 35.3 Å². The highest BCUT2D eigenvalue weighted by Gasteiger charge is 2.35. The Bertz CT molecular complexity index is 1820. The molecule has 2 aliphatic heterocycles. The summed E-state index contributed by atoms with van der Waals surface area (Å²) >= 11 is 7.58. The third-order valence-electron chi connectivity index (χ3n) is 7.27. The average Bonchev–Trinajstić information content (AvgIpc) is 3.33. The zero-order valence-corrected chi connectivity index (χ0v) is 27.2. The van der Waals surface area contributed by atoms with Crippen molar-refractivity contribution in [1.82, 2.24) is 9.47 Å². The lowest BCUT2D eigenvalue weighted by Gasteiger charge is -2.26. The molecule has 1 aromatic heterocycles. The molecule has 11 nitrogen and oxygen atoms in total. The Labute approximate surface area is 268 Å². The van der Waals surface area contributed by atoms with Crippen LogP contribution in [0.25, 0.3) is 6.08 Å². The molecule has 0 bridgehead atoms. The highest BCUT2D eigenvalue weighted by molar-refractivity contribution is 7.07. The van der Waals surface area contributed by atoms with Gasteiger partial charge in [0.05, 0.1) is 49.3 Å². The Hall–Kier alpha value is -4.13. The largest absolute Gasteiger partial charge is 0.496 e. The van der Waals surface area contributed by atoms with Crippen LogP contribution in [0.15, 0.2) is 57.5 Å². The van der Waals surface area contributed by atoms with Crippen LogP contribution in [0.5, 0.6) is 17.2 Å². The van der Waals surface area contributed by atoms with Crippen molar-refractivity contribution in [3.8, 4) is 17.2 Å². The number of hydrogen-bond acceptors (Lipinski definition) is 10. The number of thiazole rings is 1. The molecule has 0 saturated carbocycles. The van der Waals surface area contributed by atoms with Gasteiger partial charge in [0.1, 0.15) is 11.8 Å². The van der Waals surface area contributed by atoms with Crippen LogP contribution in [0.4, 0.5) is 0 Å². The van der Waals surface area contributed by atoms with E-state index >= 15 is 0 Å². The summed E-state index contributed by atoms with van der Waals surface area (Å²) in [4.78, 5) is 46.8. The first-order valence-electron chi connectivity index (χ1n) is 14.3. The number of methoxy groups -OCH3 is 2. The van der Waals surface area contributed by atoms with Gasteiger partial charge in [0.2, 0.25) is 0 Å². The Balaban J connectivity index is 1.53. The van der Waals surface area contributed by atoms with Crippen molar-refractivity contribution in [2.75, 3.05) is 47.1 Å². The van der Waals surface area contributed by atoms with E-state index in [1.807, 2.05) is 0 Å². The number of rotatable bonds is 9. The molecular weight excluding hydrogens is 622 g/mol. The lowest BCUT2D eigenvalue weighted by atomic mass is 9.95. The van der Waals surface area contributed by atoms with Crippen LogP contribution in [0, 0.1) is 0 Å². The molecule has 1 saturated heterocycles. The second kappa shape index (κ2) is 13.9. The number of carbonyl (C=O) groups is 2. The van der Waals surface area contributed by atoms with Gasteiger partial charge in [0.25, 0.3) is 11.5 Å². The fourth-order valence-corrected chi connectivity index (χ4v) is 6.39. The molecular formula is C32H34ClN3O8S. The van der Waals surface area contributed by atoms with Crippen molar-refractivity contribution in [3.05, 3.63) is 83.5 Å². The summed E-state index contributed by atoms with van der Waals surface area (Å²) in [7, 11) is 3.01. The maximum Gasteiger partial charge on any atom is 0.338 e. The topological polar surface area (TPSA) is 118 Å². The molecule has 1 atom stereocenters. The fraction of sp³-hybridized carbons (Fsp3) is 0.375. The molecule has 0 aliphatic carbocycles. The number of hydrogen-bond donors (Lipinski definition) is 0. The number of ether oxygens (including phenoxy) is 5. The van der Waals surface area contributed by atoms with Gasteiger partial charge in [-0.1, -0.05) is 29.0 Å². The molecule has 0 spiro atoms. The first-order chi connectivity index (χ1) is 21.6. The predicted octanol–water partition coefficient (Wildman–Crippen LogP) is 3.10. The molecule has 5 rings (SSSR count).